The maximum atomic E-state index is 12.3. The van der Waals surface area contributed by atoms with Crippen molar-refractivity contribution in [1.82, 2.24) is 5.32 Å². The van der Waals surface area contributed by atoms with Crippen molar-refractivity contribution in [3.8, 4) is 0 Å². The van der Waals surface area contributed by atoms with Gasteiger partial charge in [0, 0.05) is 5.69 Å². The quantitative estimate of drug-likeness (QED) is 0.704. The van der Waals surface area contributed by atoms with Gasteiger partial charge in [-0.1, -0.05) is 32.0 Å². The lowest BCUT2D eigenvalue weighted by Gasteiger charge is -2.29. The molecule has 0 aliphatic heterocycles. The van der Waals surface area contributed by atoms with Gasteiger partial charge in [0.15, 0.2) is 0 Å². The van der Waals surface area contributed by atoms with Crippen LogP contribution < -0.4 is 10.6 Å². The topological polar surface area (TPSA) is 70.6 Å². The van der Waals surface area contributed by atoms with E-state index in [0.29, 0.717) is 0 Å². The van der Waals surface area contributed by atoms with Gasteiger partial charge in [-0.05, 0) is 38.8 Å². The van der Waals surface area contributed by atoms with Gasteiger partial charge in [-0.25, -0.2) is 0 Å². The molecule has 0 radical (unpaired) electrons. The van der Waals surface area contributed by atoms with Crippen LogP contribution in [0.5, 0.6) is 0 Å². The molecule has 0 aliphatic carbocycles. The summed E-state index contributed by atoms with van der Waals surface area (Å²) in [5.74, 6) is -0.195. The van der Waals surface area contributed by atoms with Gasteiger partial charge in [-0.3, -0.25) is 10.1 Å². The predicted molar refractivity (Wildman–Crippen MR) is 83.7 cm³/mol. The molecule has 2 atom stereocenters. The van der Waals surface area contributed by atoms with Crippen molar-refractivity contribution in [1.29, 1.82) is 0 Å². The van der Waals surface area contributed by atoms with E-state index < -0.39 is 18.1 Å². The largest absolute Gasteiger partial charge is 0.356 e. The minimum absolute atomic E-state index is 0.00642. The number of nitrogens with one attached hydrogen (secondary N) is 2. The van der Waals surface area contributed by atoms with E-state index in [9.17, 15) is 9.90 Å². The number of carbonyl (C=O) groups excluding carboxylic acids is 1. The summed E-state index contributed by atoms with van der Waals surface area (Å²) in [6.45, 7) is 9.34. The Labute approximate surface area is 126 Å². The lowest BCUT2D eigenvalue weighted by molar-refractivity contribution is -0.187. The molecule has 1 amide bonds. The van der Waals surface area contributed by atoms with Crippen molar-refractivity contribution in [3.05, 3.63) is 30.3 Å². The Morgan fingerprint density at radius 1 is 1.19 bits per heavy atom. The molecular weight excluding hydrogens is 268 g/mol. The van der Waals surface area contributed by atoms with Gasteiger partial charge < -0.3 is 15.2 Å². The minimum Gasteiger partial charge on any atom is -0.356 e. The van der Waals surface area contributed by atoms with Crippen molar-refractivity contribution in [2.75, 3.05) is 5.32 Å². The molecule has 1 unspecified atom stereocenters. The molecule has 3 N–H and O–H groups in total. The van der Waals surface area contributed by atoms with Gasteiger partial charge in [-0.2, -0.15) is 0 Å². The molecule has 0 fully saturated rings. The highest BCUT2D eigenvalue weighted by atomic mass is 16.6. The van der Waals surface area contributed by atoms with Gasteiger partial charge >= 0.3 is 0 Å². The van der Waals surface area contributed by atoms with E-state index in [-0.39, 0.29) is 11.8 Å². The maximum absolute atomic E-state index is 12.3. The first-order chi connectivity index (χ1) is 9.69. The summed E-state index contributed by atoms with van der Waals surface area (Å²) in [6.07, 6.45) is -1.20. The van der Waals surface area contributed by atoms with E-state index >= 15 is 0 Å². The third kappa shape index (κ3) is 6.71. The summed E-state index contributed by atoms with van der Waals surface area (Å²) in [7, 11) is 0. The Hall–Kier alpha value is -1.43. The highest BCUT2D eigenvalue weighted by molar-refractivity contribution is 5.94. The molecular formula is C16H26N2O3. The van der Waals surface area contributed by atoms with Crippen LogP contribution in [-0.2, 0) is 9.53 Å². The van der Waals surface area contributed by atoms with Crippen LogP contribution in [0.25, 0.3) is 0 Å². The fraction of sp³-hybridized carbons (Fsp3) is 0.562. The first kappa shape index (κ1) is 17.6. The second kappa shape index (κ2) is 7.54. The van der Waals surface area contributed by atoms with E-state index in [0.717, 1.165) is 5.69 Å². The number of ether oxygens (including phenoxy) is 1. The lowest BCUT2D eigenvalue weighted by atomic mass is 10.0. The molecule has 5 nitrogen and oxygen atoms in total. The van der Waals surface area contributed by atoms with Gasteiger partial charge in [-0.15, -0.1) is 0 Å². The summed E-state index contributed by atoms with van der Waals surface area (Å²) in [6, 6.07) is 8.67. The number of carbonyl (C=O) groups is 1. The smallest absolute Gasteiger partial charge is 0.241 e. The van der Waals surface area contributed by atoms with Crippen molar-refractivity contribution >= 4 is 11.6 Å². The average molecular weight is 294 g/mol. The zero-order valence-corrected chi connectivity index (χ0v) is 13.4. The summed E-state index contributed by atoms with van der Waals surface area (Å²) in [5.41, 5.74) is 0.227. The zero-order valence-electron chi connectivity index (χ0n) is 13.4. The molecule has 1 aromatic rings. The van der Waals surface area contributed by atoms with Crippen LogP contribution in [0.2, 0.25) is 0 Å². The van der Waals surface area contributed by atoms with Crippen LogP contribution >= 0.6 is 0 Å². The summed E-state index contributed by atoms with van der Waals surface area (Å²) >= 11 is 0. The number of rotatable bonds is 6. The number of amides is 1. The van der Waals surface area contributed by atoms with Gasteiger partial charge in [0.1, 0.15) is 0 Å². The molecule has 0 heterocycles. The van der Waals surface area contributed by atoms with Gasteiger partial charge in [0.25, 0.3) is 0 Å². The number of aliphatic hydroxyl groups is 1. The first-order valence-corrected chi connectivity index (χ1v) is 7.17. The maximum Gasteiger partial charge on any atom is 0.241 e. The third-order valence-corrected chi connectivity index (χ3v) is 2.78. The third-order valence-electron chi connectivity index (χ3n) is 2.78. The molecule has 118 valence electrons. The molecule has 0 aromatic heterocycles. The fourth-order valence-corrected chi connectivity index (χ4v) is 1.83. The number of aliphatic hydroxyl groups excluding tert-OH is 1. The molecule has 21 heavy (non-hydrogen) atoms. The molecule has 0 spiro atoms. The van der Waals surface area contributed by atoms with Gasteiger partial charge in [0.2, 0.25) is 12.3 Å². The molecule has 0 aliphatic rings. The van der Waals surface area contributed by atoms with Crippen LogP contribution in [0.4, 0.5) is 5.69 Å². The zero-order chi connectivity index (χ0) is 16.0. The molecule has 1 aromatic carbocycles. The lowest BCUT2D eigenvalue weighted by Crippen LogP contribution is -2.51. The van der Waals surface area contributed by atoms with E-state index in [1.165, 1.54) is 0 Å². The summed E-state index contributed by atoms with van der Waals surface area (Å²) in [4.78, 5) is 12.3. The van der Waals surface area contributed by atoms with Crippen LogP contribution in [0, 0.1) is 5.92 Å². The van der Waals surface area contributed by atoms with Gasteiger partial charge in [0.05, 0.1) is 11.6 Å². The predicted octanol–water partition coefficient (Wildman–Crippen LogP) is 2.33. The Kier molecular flexibility index (Phi) is 6.33. The normalized spacial score (nSPS) is 14.8. The number of anilines is 1. The van der Waals surface area contributed by atoms with Crippen molar-refractivity contribution in [3.63, 3.8) is 0 Å². The second-order valence-electron chi connectivity index (χ2n) is 6.33. The highest BCUT2D eigenvalue weighted by Crippen LogP contribution is 2.12. The van der Waals surface area contributed by atoms with Crippen LogP contribution in [0.1, 0.15) is 34.6 Å². The summed E-state index contributed by atoms with van der Waals surface area (Å²) in [5, 5.41) is 15.5. The highest BCUT2D eigenvalue weighted by Gasteiger charge is 2.26. The Bertz CT molecular complexity index is 441. The Morgan fingerprint density at radius 2 is 1.76 bits per heavy atom. The number of hydrogen-bond acceptors (Lipinski definition) is 4. The van der Waals surface area contributed by atoms with E-state index in [4.69, 9.17) is 4.74 Å². The minimum atomic E-state index is -1.20. The number of benzene rings is 1. The summed E-state index contributed by atoms with van der Waals surface area (Å²) < 4.78 is 5.38. The van der Waals surface area contributed by atoms with E-state index in [1.54, 1.807) is 0 Å². The van der Waals surface area contributed by atoms with Crippen LogP contribution in [-0.4, -0.2) is 29.1 Å². The van der Waals surface area contributed by atoms with Crippen molar-refractivity contribution in [2.45, 2.75) is 52.7 Å². The van der Waals surface area contributed by atoms with Crippen molar-refractivity contribution in [2.24, 2.45) is 5.92 Å². The SMILES string of the molecule is CC(C)[C@H](NC(O)OC(C)(C)C)C(=O)Nc1ccccc1. The fourth-order valence-electron chi connectivity index (χ4n) is 1.83. The van der Waals surface area contributed by atoms with Crippen molar-refractivity contribution < 1.29 is 14.6 Å². The van der Waals surface area contributed by atoms with Crippen LogP contribution in [0.15, 0.2) is 30.3 Å². The monoisotopic (exact) mass is 294 g/mol. The Morgan fingerprint density at radius 3 is 2.24 bits per heavy atom. The number of hydrogen-bond donors (Lipinski definition) is 3. The molecule has 0 saturated carbocycles. The Balaban J connectivity index is 2.66. The van der Waals surface area contributed by atoms with Crippen LogP contribution in [0.3, 0.4) is 0 Å². The van der Waals surface area contributed by atoms with E-state index in [2.05, 4.69) is 10.6 Å². The second-order valence-corrected chi connectivity index (χ2v) is 6.33. The average Bonchev–Trinajstić information content (AvgIpc) is 2.34. The molecule has 5 heteroatoms. The first-order valence-electron chi connectivity index (χ1n) is 7.17. The molecule has 0 bridgehead atoms. The molecule has 0 saturated heterocycles. The molecule has 1 rings (SSSR count). The van der Waals surface area contributed by atoms with E-state index in [1.807, 2.05) is 65.0 Å². The standard InChI is InChI=1S/C16H26N2O3/c1-11(2)13(18-15(20)21-16(3,4)5)14(19)17-12-9-7-6-8-10-12/h6-11,13,15,18,20H,1-5H3,(H,17,19)/t13-,15?/m0/s1. The number of para-hydroxylation sites is 1.